The van der Waals surface area contributed by atoms with E-state index in [4.69, 9.17) is 9.63 Å². The highest BCUT2D eigenvalue weighted by Crippen LogP contribution is 2.20. The molecule has 1 heterocycles. The van der Waals surface area contributed by atoms with E-state index in [0.717, 1.165) is 5.56 Å². The average Bonchev–Trinajstić information content (AvgIpc) is 2.93. The van der Waals surface area contributed by atoms with Crippen LogP contribution in [0.25, 0.3) is 11.4 Å². The zero-order valence-corrected chi connectivity index (χ0v) is 14.3. The number of halogens is 1. The van der Waals surface area contributed by atoms with Crippen LogP contribution in [-0.4, -0.2) is 39.7 Å². The molecule has 1 aromatic heterocycles. The maximum absolute atomic E-state index is 10.5. The molecule has 0 aliphatic carbocycles. The van der Waals surface area contributed by atoms with Gasteiger partial charge in [-0.05, 0) is 18.5 Å². The van der Waals surface area contributed by atoms with Crippen molar-refractivity contribution in [1.82, 2.24) is 15.0 Å². The summed E-state index contributed by atoms with van der Waals surface area (Å²) in [5.41, 5.74) is 2.17. The lowest BCUT2D eigenvalue weighted by Crippen LogP contribution is -2.21. The molecule has 1 N–H and O–H groups in total. The third-order valence-corrected chi connectivity index (χ3v) is 3.42. The number of rotatable bonds is 7. The Kier molecular flexibility index (Phi) is 7.19. The first-order chi connectivity index (χ1) is 10.5. The van der Waals surface area contributed by atoms with Crippen molar-refractivity contribution in [3.8, 4) is 11.4 Å². The van der Waals surface area contributed by atoms with Crippen LogP contribution in [0.5, 0.6) is 0 Å². The molecule has 2 rings (SSSR count). The predicted octanol–water partition coefficient (Wildman–Crippen LogP) is 3.19. The molecule has 0 atom stereocenters. The van der Waals surface area contributed by atoms with Gasteiger partial charge in [0.15, 0.2) is 0 Å². The van der Waals surface area contributed by atoms with Gasteiger partial charge in [-0.1, -0.05) is 43.3 Å². The minimum Gasteiger partial charge on any atom is -0.481 e. The molecule has 0 saturated carbocycles. The Balaban J connectivity index is 0.00000264. The number of carboxylic acid groups (broad SMARTS) is 1. The van der Waals surface area contributed by atoms with Crippen LogP contribution in [0, 0.1) is 0 Å². The lowest BCUT2D eigenvalue weighted by Gasteiger charge is -2.11. The van der Waals surface area contributed by atoms with Crippen molar-refractivity contribution in [2.24, 2.45) is 0 Å². The lowest BCUT2D eigenvalue weighted by atomic mass is 10.0. The van der Waals surface area contributed by atoms with Crippen molar-refractivity contribution in [3.63, 3.8) is 0 Å². The Morgan fingerprint density at radius 2 is 1.96 bits per heavy atom. The van der Waals surface area contributed by atoms with Gasteiger partial charge in [0, 0.05) is 12.1 Å². The van der Waals surface area contributed by atoms with Crippen LogP contribution in [0.4, 0.5) is 0 Å². The standard InChI is InChI=1S/C16H21N3O3.ClH/c1-11(2)12-4-6-13(7-5-12)16-17-14(22-18-16)10-19(3)9-8-15(20)21;/h4-7,11H,8-10H2,1-3H3,(H,20,21);1H. The second-order valence-corrected chi connectivity index (χ2v) is 5.67. The average molecular weight is 340 g/mol. The van der Waals surface area contributed by atoms with E-state index >= 15 is 0 Å². The first-order valence-corrected chi connectivity index (χ1v) is 7.29. The van der Waals surface area contributed by atoms with E-state index in [2.05, 4.69) is 36.1 Å². The predicted molar refractivity (Wildman–Crippen MR) is 89.7 cm³/mol. The number of benzene rings is 1. The van der Waals surface area contributed by atoms with Crippen molar-refractivity contribution in [2.75, 3.05) is 13.6 Å². The van der Waals surface area contributed by atoms with Crippen LogP contribution in [0.3, 0.4) is 0 Å². The van der Waals surface area contributed by atoms with Crippen LogP contribution in [-0.2, 0) is 11.3 Å². The molecule has 6 nitrogen and oxygen atoms in total. The number of aliphatic carboxylic acids is 1. The quantitative estimate of drug-likeness (QED) is 0.834. The monoisotopic (exact) mass is 339 g/mol. The summed E-state index contributed by atoms with van der Waals surface area (Å²) >= 11 is 0. The Hall–Kier alpha value is -1.92. The third-order valence-electron chi connectivity index (χ3n) is 3.42. The molecule has 0 radical (unpaired) electrons. The van der Waals surface area contributed by atoms with Gasteiger partial charge < -0.3 is 9.63 Å². The summed E-state index contributed by atoms with van der Waals surface area (Å²) in [6.07, 6.45) is 0.0914. The number of carboxylic acids is 1. The van der Waals surface area contributed by atoms with E-state index in [1.807, 2.05) is 24.1 Å². The first-order valence-electron chi connectivity index (χ1n) is 7.29. The zero-order chi connectivity index (χ0) is 16.1. The van der Waals surface area contributed by atoms with E-state index < -0.39 is 5.97 Å². The third kappa shape index (κ3) is 5.65. The molecule has 0 amide bonds. The summed E-state index contributed by atoms with van der Waals surface area (Å²) in [4.78, 5) is 16.7. The molecule has 23 heavy (non-hydrogen) atoms. The van der Waals surface area contributed by atoms with E-state index in [1.54, 1.807) is 0 Å². The topological polar surface area (TPSA) is 79.5 Å². The fourth-order valence-corrected chi connectivity index (χ4v) is 2.05. The van der Waals surface area contributed by atoms with Crippen molar-refractivity contribution >= 4 is 18.4 Å². The van der Waals surface area contributed by atoms with E-state index in [-0.39, 0.29) is 18.8 Å². The maximum atomic E-state index is 10.5. The Morgan fingerprint density at radius 3 is 2.52 bits per heavy atom. The Labute approximate surface area is 141 Å². The van der Waals surface area contributed by atoms with Gasteiger partial charge in [0.05, 0.1) is 13.0 Å². The fraction of sp³-hybridized carbons (Fsp3) is 0.438. The molecule has 7 heteroatoms. The lowest BCUT2D eigenvalue weighted by molar-refractivity contribution is -0.137. The highest BCUT2D eigenvalue weighted by atomic mass is 35.5. The van der Waals surface area contributed by atoms with Crippen LogP contribution in [0.1, 0.15) is 37.6 Å². The highest BCUT2D eigenvalue weighted by molar-refractivity contribution is 5.85. The van der Waals surface area contributed by atoms with Gasteiger partial charge in [-0.15, -0.1) is 12.4 Å². The maximum Gasteiger partial charge on any atom is 0.304 e. The molecule has 0 fully saturated rings. The minimum atomic E-state index is -0.816. The molecule has 1 aromatic carbocycles. The van der Waals surface area contributed by atoms with Gasteiger partial charge >= 0.3 is 5.97 Å². The van der Waals surface area contributed by atoms with Gasteiger partial charge in [0.1, 0.15) is 0 Å². The fourth-order valence-electron chi connectivity index (χ4n) is 2.05. The summed E-state index contributed by atoms with van der Waals surface area (Å²) in [6.45, 7) is 5.17. The van der Waals surface area contributed by atoms with Crippen molar-refractivity contribution in [2.45, 2.75) is 32.7 Å². The Morgan fingerprint density at radius 1 is 1.30 bits per heavy atom. The first kappa shape index (κ1) is 19.1. The summed E-state index contributed by atoms with van der Waals surface area (Å²) in [7, 11) is 1.82. The summed E-state index contributed by atoms with van der Waals surface area (Å²) in [5.74, 6) is 0.703. The highest BCUT2D eigenvalue weighted by Gasteiger charge is 2.12. The second-order valence-electron chi connectivity index (χ2n) is 5.67. The van der Waals surface area contributed by atoms with Crippen LogP contribution < -0.4 is 0 Å². The summed E-state index contributed by atoms with van der Waals surface area (Å²) < 4.78 is 5.22. The molecular formula is C16H22ClN3O3. The smallest absolute Gasteiger partial charge is 0.304 e. The number of hydrogen-bond acceptors (Lipinski definition) is 5. The molecule has 0 aliphatic rings. The summed E-state index contributed by atoms with van der Waals surface area (Å²) in [6, 6.07) is 8.10. The molecule has 0 unspecified atom stereocenters. The Bertz CT molecular complexity index is 626. The van der Waals surface area contributed by atoms with E-state index in [0.29, 0.717) is 30.7 Å². The van der Waals surface area contributed by atoms with Crippen molar-refractivity contribution in [3.05, 3.63) is 35.7 Å². The molecule has 2 aromatic rings. The molecule has 0 aliphatic heterocycles. The molecule has 0 spiro atoms. The largest absolute Gasteiger partial charge is 0.481 e. The van der Waals surface area contributed by atoms with Gasteiger partial charge in [0.25, 0.3) is 0 Å². The van der Waals surface area contributed by atoms with Gasteiger partial charge in [-0.3, -0.25) is 9.69 Å². The number of carbonyl (C=O) groups is 1. The van der Waals surface area contributed by atoms with E-state index in [1.165, 1.54) is 5.56 Å². The summed E-state index contributed by atoms with van der Waals surface area (Å²) in [5, 5.41) is 12.6. The SMILES string of the molecule is CC(C)c1ccc(-c2noc(CN(C)CCC(=O)O)n2)cc1.Cl. The van der Waals surface area contributed by atoms with Crippen LogP contribution in [0.15, 0.2) is 28.8 Å². The zero-order valence-electron chi connectivity index (χ0n) is 13.5. The van der Waals surface area contributed by atoms with Gasteiger partial charge in [-0.2, -0.15) is 4.98 Å². The van der Waals surface area contributed by atoms with Crippen LogP contribution >= 0.6 is 12.4 Å². The number of aromatic nitrogens is 2. The molecule has 126 valence electrons. The van der Waals surface area contributed by atoms with Gasteiger partial charge in [-0.25, -0.2) is 0 Å². The minimum absolute atomic E-state index is 0. The second kappa shape index (κ2) is 8.64. The van der Waals surface area contributed by atoms with Crippen molar-refractivity contribution < 1.29 is 14.4 Å². The van der Waals surface area contributed by atoms with Crippen LogP contribution in [0.2, 0.25) is 0 Å². The molecule has 0 saturated heterocycles. The van der Waals surface area contributed by atoms with Gasteiger partial charge in [0.2, 0.25) is 11.7 Å². The van der Waals surface area contributed by atoms with Crippen molar-refractivity contribution in [1.29, 1.82) is 0 Å². The molecular weight excluding hydrogens is 318 g/mol. The van der Waals surface area contributed by atoms with E-state index in [9.17, 15) is 4.79 Å². The number of nitrogens with zero attached hydrogens (tertiary/aromatic N) is 3. The number of hydrogen-bond donors (Lipinski definition) is 1. The molecule has 0 bridgehead atoms. The normalized spacial score (nSPS) is 10.8.